The van der Waals surface area contributed by atoms with E-state index in [1.54, 1.807) is 12.1 Å². The number of rotatable bonds is 4. The molecule has 2 aromatic carbocycles. The van der Waals surface area contributed by atoms with Crippen molar-refractivity contribution in [3.8, 4) is 0 Å². The molecule has 0 saturated heterocycles. The van der Waals surface area contributed by atoms with Crippen LogP contribution >= 0.6 is 28.1 Å². The number of benzene rings is 2. The van der Waals surface area contributed by atoms with Gasteiger partial charge in [-0.15, -0.1) is 0 Å². The Morgan fingerprint density at radius 2 is 1.96 bits per heavy atom. The van der Waals surface area contributed by atoms with Crippen LogP contribution in [0.15, 0.2) is 40.9 Å². The molecule has 0 bridgehead atoms. The van der Waals surface area contributed by atoms with Gasteiger partial charge in [0.05, 0.1) is 11.7 Å². The smallest absolute Gasteiger partial charge is 0.171 e. The highest BCUT2D eigenvalue weighted by Gasteiger charge is 2.14. The highest BCUT2D eigenvalue weighted by molar-refractivity contribution is 9.10. The van der Waals surface area contributed by atoms with Crippen molar-refractivity contribution in [1.82, 2.24) is 5.32 Å². The Bertz CT molecular complexity index is 718. The molecular weight excluding hydrogens is 375 g/mol. The van der Waals surface area contributed by atoms with E-state index in [9.17, 15) is 4.39 Å². The summed E-state index contributed by atoms with van der Waals surface area (Å²) in [6.45, 7) is 6.27. The van der Waals surface area contributed by atoms with E-state index >= 15 is 0 Å². The van der Waals surface area contributed by atoms with Crippen LogP contribution in [0.1, 0.15) is 36.1 Å². The van der Waals surface area contributed by atoms with Crippen molar-refractivity contribution in [2.75, 3.05) is 5.32 Å². The molecule has 2 nitrogen and oxygen atoms in total. The molecule has 0 heterocycles. The van der Waals surface area contributed by atoms with E-state index in [0.717, 1.165) is 6.42 Å². The van der Waals surface area contributed by atoms with Gasteiger partial charge in [0.1, 0.15) is 5.82 Å². The van der Waals surface area contributed by atoms with Crippen molar-refractivity contribution < 1.29 is 4.39 Å². The van der Waals surface area contributed by atoms with Crippen LogP contribution in [0.5, 0.6) is 0 Å². The Morgan fingerprint density at radius 3 is 2.57 bits per heavy atom. The third-order valence-corrected chi connectivity index (χ3v) is 4.41. The minimum Gasteiger partial charge on any atom is -0.356 e. The quantitative estimate of drug-likeness (QED) is 0.655. The lowest BCUT2D eigenvalue weighted by Crippen LogP contribution is -2.32. The number of hydrogen-bond acceptors (Lipinski definition) is 1. The number of nitrogens with one attached hydrogen (secondary N) is 2. The number of aryl methyl sites for hydroxylation is 2. The van der Waals surface area contributed by atoms with Gasteiger partial charge in [-0.3, -0.25) is 0 Å². The first-order valence-electron chi connectivity index (χ1n) is 7.50. The van der Waals surface area contributed by atoms with Gasteiger partial charge in [-0.2, -0.15) is 0 Å². The van der Waals surface area contributed by atoms with Crippen LogP contribution in [0.4, 0.5) is 10.1 Å². The Balaban J connectivity index is 2.10. The van der Waals surface area contributed by atoms with Gasteiger partial charge in [0, 0.05) is 4.47 Å². The zero-order chi connectivity index (χ0) is 17.0. The monoisotopic (exact) mass is 394 g/mol. The first kappa shape index (κ1) is 17.9. The lowest BCUT2D eigenvalue weighted by Gasteiger charge is -2.22. The van der Waals surface area contributed by atoms with Crippen LogP contribution in [0.2, 0.25) is 0 Å². The largest absolute Gasteiger partial charge is 0.356 e. The van der Waals surface area contributed by atoms with Gasteiger partial charge in [0.15, 0.2) is 5.11 Å². The second-order valence-corrected chi connectivity index (χ2v) is 6.87. The zero-order valence-corrected chi connectivity index (χ0v) is 15.8. The fraction of sp³-hybridized carbons (Fsp3) is 0.278. The molecule has 0 aliphatic rings. The second kappa shape index (κ2) is 7.88. The lowest BCUT2D eigenvalue weighted by molar-refractivity contribution is 0.621. The molecule has 0 unspecified atom stereocenters. The van der Waals surface area contributed by atoms with Gasteiger partial charge in [-0.05, 0) is 61.8 Å². The normalized spacial score (nSPS) is 11.9. The summed E-state index contributed by atoms with van der Waals surface area (Å²) >= 11 is 8.58. The molecule has 0 radical (unpaired) electrons. The molecule has 0 saturated carbocycles. The van der Waals surface area contributed by atoms with Gasteiger partial charge in [-0.1, -0.05) is 46.6 Å². The molecule has 122 valence electrons. The Labute approximate surface area is 150 Å². The summed E-state index contributed by atoms with van der Waals surface area (Å²) in [6, 6.07) is 11.3. The molecular formula is C18H20BrFN2S. The Morgan fingerprint density at radius 1 is 1.22 bits per heavy atom. The lowest BCUT2D eigenvalue weighted by atomic mass is 9.98. The molecule has 0 aliphatic carbocycles. The van der Waals surface area contributed by atoms with E-state index in [1.807, 2.05) is 0 Å². The van der Waals surface area contributed by atoms with E-state index in [0.29, 0.717) is 15.3 Å². The summed E-state index contributed by atoms with van der Waals surface area (Å²) in [5.41, 5.74) is 4.03. The molecule has 0 fully saturated rings. The van der Waals surface area contributed by atoms with Gasteiger partial charge in [-0.25, -0.2) is 4.39 Å². The minimum atomic E-state index is -0.344. The summed E-state index contributed by atoms with van der Waals surface area (Å²) < 4.78 is 14.6. The van der Waals surface area contributed by atoms with Crippen molar-refractivity contribution >= 4 is 38.9 Å². The third-order valence-electron chi connectivity index (χ3n) is 3.69. The summed E-state index contributed by atoms with van der Waals surface area (Å²) in [7, 11) is 0. The zero-order valence-electron chi connectivity index (χ0n) is 13.4. The molecule has 0 spiro atoms. The van der Waals surface area contributed by atoms with E-state index in [4.69, 9.17) is 12.2 Å². The maximum atomic E-state index is 13.9. The third kappa shape index (κ3) is 4.75. The van der Waals surface area contributed by atoms with Crippen LogP contribution in [-0.2, 0) is 0 Å². The van der Waals surface area contributed by atoms with Gasteiger partial charge >= 0.3 is 0 Å². The van der Waals surface area contributed by atoms with Crippen molar-refractivity contribution in [3.05, 3.63) is 63.4 Å². The summed E-state index contributed by atoms with van der Waals surface area (Å²) in [4.78, 5) is 0. The fourth-order valence-electron chi connectivity index (χ4n) is 2.52. The van der Waals surface area contributed by atoms with Gasteiger partial charge in [0.25, 0.3) is 0 Å². The number of anilines is 1. The molecule has 2 rings (SSSR count). The van der Waals surface area contributed by atoms with Crippen LogP contribution in [0, 0.1) is 19.7 Å². The number of thiocarbonyl (C=S) groups is 1. The molecule has 1 atom stereocenters. The number of halogens is 2. The predicted molar refractivity (Wildman–Crippen MR) is 102 cm³/mol. The van der Waals surface area contributed by atoms with Gasteiger partial charge < -0.3 is 10.6 Å². The molecule has 23 heavy (non-hydrogen) atoms. The van der Waals surface area contributed by atoms with Gasteiger partial charge in [0.2, 0.25) is 0 Å². The van der Waals surface area contributed by atoms with Crippen LogP contribution in [0.3, 0.4) is 0 Å². The average molecular weight is 395 g/mol. The molecule has 0 aromatic heterocycles. The maximum Gasteiger partial charge on any atom is 0.171 e. The van der Waals surface area contributed by atoms with E-state index < -0.39 is 0 Å². The Hall–Kier alpha value is -1.46. The topological polar surface area (TPSA) is 24.1 Å². The van der Waals surface area contributed by atoms with Crippen LogP contribution < -0.4 is 10.6 Å². The van der Waals surface area contributed by atoms with Crippen molar-refractivity contribution in [2.45, 2.75) is 33.2 Å². The van der Waals surface area contributed by atoms with E-state index in [1.165, 1.54) is 22.8 Å². The van der Waals surface area contributed by atoms with Crippen molar-refractivity contribution in [1.29, 1.82) is 0 Å². The highest BCUT2D eigenvalue weighted by Crippen LogP contribution is 2.23. The van der Waals surface area contributed by atoms with E-state index in [-0.39, 0.29) is 11.9 Å². The molecule has 2 N–H and O–H groups in total. The van der Waals surface area contributed by atoms with Crippen molar-refractivity contribution in [3.63, 3.8) is 0 Å². The van der Waals surface area contributed by atoms with Crippen LogP contribution in [0.25, 0.3) is 0 Å². The summed E-state index contributed by atoms with van der Waals surface area (Å²) in [5, 5.41) is 6.62. The van der Waals surface area contributed by atoms with Crippen molar-refractivity contribution in [2.24, 2.45) is 0 Å². The summed E-state index contributed by atoms with van der Waals surface area (Å²) in [6.07, 6.45) is 0.883. The standard InChI is InChI=1S/C18H20BrFN2S/c1-4-16(14-7-5-11(2)9-12(14)3)21-18(23)22-17-8-6-13(19)10-15(17)20/h5-10,16H,4H2,1-3H3,(H2,21,22,23)/t16-/m1/s1. The Kier molecular flexibility index (Phi) is 6.13. The molecule has 0 aliphatic heterocycles. The molecule has 5 heteroatoms. The predicted octanol–water partition coefficient (Wildman–Crippen LogP) is 5.64. The second-order valence-electron chi connectivity index (χ2n) is 5.54. The summed E-state index contributed by atoms with van der Waals surface area (Å²) in [5.74, 6) is -0.344. The number of hydrogen-bond donors (Lipinski definition) is 2. The highest BCUT2D eigenvalue weighted by atomic mass is 79.9. The van der Waals surface area contributed by atoms with Crippen LogP contribution in [-0.4, -0.2) is 5.11 Å². The fourth-order valence-corrected chi connectivity index (χ4v) is 3.11. The SMILES string of the molecule is CC[C@@H](NC(=S)Nc1ccc(Br)cc1F)c1ccc(C)cc1C. The average Bonchev–Trinajstić information content (AvgIpc) is 2.48. The first-order valence-corrected chi connectivity index (χ1v) is 8.70. The molecule has 2 aromatic rings. The first-order chi connectivity index (χ1) is 10.9. The van der Waals surface area contributed by atoms with E-state index in [2.05, 4.69) is 65.5 Å². The minimum absolute atomic E-state index is 0.0918. The molecule has 0 amide bonds. The maximum absolute atomic E-state index is 13.9.